The van der Waals surface area contributed by atoms with Gasteiger partial charge in [0.25, 0.3) is 0 Å². The van der Waals surface area contributed by atoms with E-state index in [4.69, 9.17) is 15.9 Å². The van der Waals surface area contributed by atoms with Gasteiger partial charge in [-0.1, -0.05) is 6.42 Å². The highest BCUT2D eigenvalue weighted by atomic mass is 28.4. The van der Waals surface area contributed by atoms with Gasteiger partial charge in [-0.05, 0) is 50.5 Å². The average Bonchev–Trinajstić information content (AvgIpc) is 2.19. The minimum absolute atomic E-state index is 0.679. The first-order valence-electron chi connectivity index (χ1n) is 5.77. The Balaban J connectivity index is 2.53. The van der Waals surface area contributed by atoms with Gasteiger partial charge in [-0.25, -0.2) is 0 Å². The normalized spacial score (nSPS) is 28.3. The zero-order valence-corrected chi connectivity index (χ0v) is 10.3. The van der Waals surface area contributed by atoms with Gasteiger partial charge in [-0.3, -0.25) is 0 Å². The van der Waals surface area contributed by atoms with Crippen molar-refractivity contribution in [1.82, 2.24) is 0 Å². The first-order valence-corrected chi connectivity index (χ1v) is 8.46. The van der Waals surface area contributed by atoms with Crippen molar-refractivity contribution in [3.8, 4) is 0 Å². The third-order valence-electron chi connectivity index (χ3n) is 3.39. The lowest BCUT2D eigenvalue weighted by Crippen LogP contribution is -2.44. The fraction of sp³-hybridized carbons (Fsp3) is 1.00. The van der Waals surface area contributed by atoms with Gasteiger partial charge < -0.3 is 15.9 Å². The molecule has 1 atom stereocenters. The van der Waals surface area contributed by atoms with E-state index in [0.29, 0.717) is 5.54 Å². The van der Waals surface area contributed by atoms with E-state index in [1.165, 1.54) is 18.9 Å². The van der Waals surface area contributed by atoms with Crippen LogP contribution in [0, 0.1) is 0 Å². The van der Waals surface area contributed by atoms with Crippen LogP contribution in [0.1, 0.15) is 25.7 Å². The van der Waals surface area contributed by atoms with Crippen LogP contribution in [-0.2, 0) is 4.43 Å². The maximum atomic E-state index is 6.06. The van der Waals surface area contributed by atoms with Crippen molar-refractivity contribution in [2.45, 2.75) is 43.8 Å². The molecule has 1 unspecified atom stereocenters. The standard InChI is InChI=1S/C10H24N2OSi/c1-14(9-3-2-8-13-14)10(4-6-11)5-7-12/h10H,2-9,11-12H2,1H3. The van der Waals surface area contributed by atoms with Gasteiger partial charge in [0.05, 0.1) is 0 Å². The van der Waals surface area contributed by atoms with Crippen molar-refractivity contribution in [2.24, 2.45) is 11.5 Å². The van der Waals surface area contributed by atoms with Crippen molar-refractivity contribution in [1.29, 1.82) is 0 Å². The zero-order chi connectivity index (χ0) is 10.4. The second-order valence-electron chi connectivity index (χ2n) is 4.47. The van der Waals surface area contributed by atoms with E-state index in [0.717, 1.165) is 32.5 Å². The average molecular weight is 216 g/mol. The smallest absolute Gasteiger partial charge is 0.192 e. The Morgan fingerprint density at radius 2 is 1.86 bits per heavy atom. The van der Waals surface area contributed by atoms with Crippen molar-refractivity contribution in [3.05, 3.63) is 0 Å². The van der Waals surface area contributed by atoms with E-state index in [2.05, 4.69) is 6.55 Å². The molecule has 1 aliphatic heterocycles. The summed E-state index contributed by atoms with van der Waals surface area (Å²) in [5, 5.41) is 0. The summed E-state index contributed by atoms with van der Waals surface area (Å²) in [4.78, 5) is 0. The molecule has 0 saturated carbocycles. The molecular formula is C10H24N2OSi. The monoisotopic (exact) mass is 216 g/mol. The third kappa shape index (κ3) is 3.05. The van der Waals surface area contributed by atoms with E-state index in [1.807, 2.05) is 0 Å². The van der Waals surface area contributed by atoms with Crippen LogP contribution < -0.4 is 11.5 Å². The molecule has 0 radical (unpaired) electrons. The molecule has 3 nitrogen and oxygen atoms in total. The van der Waals surface area contributed by atoms with Crippen molar-refractivity contribution >= 4 is 8.32 Å². The topological polar surface area (TPSA) is 61.3 Å². The number of nitrogens with two attached hydrogens (primary N) is 2. The summed E-state index contributed by atoms with van der Waals surface area (Å²) in [6.45, 7) is 4.88. The Morgan fingerprint density at radius 1 is 1.21 bits per heavy atom. The largest absolute Gasteiger partial charge is 0.417 e. The fourth-order valence-corrected chi connectivity index (χ4v) is 6.34. The maximum Gasteiger partial charge on any atom is 0.192 e. The molecule has 1 saturated heterocycles. The molecule has 84 valence electrons. The molecule has 0 aromatic rings. The van der Waals surface area contributed by atoms with Crippen LogP contribution in [-0.4, -0.2) is 28.0 Å². The zero-order valence-electron chi connectivity index (χ0n) is 9.30. The molecule has 14 heavy (non-hydrogen) atoms. The van der Waals surface area contributed by atoms with Crippen molar-refractivity contribution in [3.63, 3.8) is 0 Å². The molecule has 1 rings (SSSR count). The maximum absolute atomic E-state index is 6.06. The van der Waals surface area contributed by atoms with E-state index in [1.54, 1.807) is 0 Å². The second-order valence-corrected chi connectivity index (χ2v) is 8.70. The highest BCUT2D eigenvalue weighted by Crippen LogP contribution is 2.36. The molecular weight excluding hydrogens is 192 g/mol. The van der Waals surface area contributed by atoms with Gasteiger partial charge in [0.15, 0.2) is 8.32 Å². The minimum atomic E-state index is -1.47. The molecule has 0 spiro atoms. The Bertz CT molecular complexity index is 154. The lowest BCUT2D eigenvalue weighted by molar-refractivity contribution is 0.258. The first kappa shape index (κ1) is 12.2. The van der Waals surface area contributed by atoms with Gasteiger partial charge >= 0.3 is 0 Å². The van der Waals surface area contributed by atoms with E-state index >= 15 is 0 Å². The Hall–Kier alpha value is 0.0969. The predicted molar refractivity (Wildman–Crippen MR) is 62.7 cm³/mol. The van der Waals surface area contributed by atoms with Crippen LogP contribution in [0.5, 0.6) is 0 Å². The van der Waals surface area contributed by atoms with Gasteiger partial charge in [-0.2, -0.15) is 0 Å². The van der Waals surface area contributed by atoms with Crippen LogP contribution in [0.25, 0.3) is 0 Å². The third-order valence-corrected chi connectivity index (χ3v) is 7.91. The van der Waals surface area contributed by atoms with Gasteiger partial charge in [-0.15, -0.1) is 0 Å². The highest BCUT2D eigenvalue weighted by Gasteiger charge is 2.38. The summed E-state index contributed by atoms with van der Waals surface area (Å²) in [5.41, 5.74) is 12.0. The molecule has 1 heterocycles. The molecule has 4 heteroatoms. The highest BCUT2D eigenvalue weighted by molar-refractivity contribution is 6.74. The van der Waals surface area contributed by atoms with Crippen LogP contribution in [0.15, 0.2) is 0 Å². The Labute approximate surface area is 88.3 Å². The fourth-order valence-electron chi connectivity index (χ4n) is 2.43. The van der Waals surface area contributed by atoms with Gasteiger partial charge in [0, 0.05) is 6.61 Å². The molecule has 4 N–H and O–H groups in total. The quantitative estimate of drug-likeness (QED) is 0.684. The molecule has 0 amide bonds. The lowest BCUT2D eigenvalue weighted by Gasteiger charge is -2.38. The predicted octanol–water partition coefficient (Wildman–Crippen LogP) is 1.44. The first-order chi connectivity index (χ1) is 6.73. The minimum Gasteiger partial charge on any atom is -0.417 e. The van der Waals surface area contributed by atoms with Crippen molar-refractivity contribution < 1.29 is 4.43 Å². The molecule has 0 aromatic heterocycles. The molecule has 0 bridgehead atoms. The summed E-state index contributed by atoms with van der Waals surface area (Å²) in [6, 6.07) is 1.30. The van der Waals surface area contributed by atoms with E-state index in [9.17, 15) is 0 Å². The summed E-state index contributed by atoms with van der Waals surface area (Å²) in [6.07, 6.45) is 4.77. The summed E-state index contributed by atoms with van der Waals surface area (Å²) >= 11 is 0. The van der Waals surface area contributed by atoms with Crippen molar-refractivity contribution in [2.75, 3.05) is 19.7 Å². The van der Waals surface area contributed by atoms with E-state index in [-0.39, 0.29) is 0 Å². The summed E-state index contributed by atoms with van der Waals surface area (Å²) in [5.74, 6) is 0. The Kier molecular flexibility index (Phi) is 5.09. The van der Waals surface area contributed by atoms with Gasteiger partial charge in [0.2, 0.25) is 0 Å². The van der Waals surface area contributed by atoms with E-state index < -0.39 is 8.32 Å². The molecule has 1 fully saturated rings. The lowest BCUT2D eigenvalue weighted by atomic mass is 10.2. The SMILES string of the molecule is C[Si]1(C(CCN)CCN)CCCCO1. The molecule has 0 aliphatic carbocycles. The summed E-state index contributed by atoms with van der Waals surface area (Å²) in [7, 11) is -1.47. The second kappa shape index (κ2) is 5.85. The number of hydrogen-bond acceptors (Lipinski definition) is 3. The number of hydrogen-bond donors (Lipinski definition) is 2. The van der Waals surface area contributed by atoms with Crippen LogP contribution in [0.3, 0.4) is 0 Å². The summed E-state index contributed by atoms with van der Waals surface area (Å²) < 4.78 is 6.06. The van der Waals surface area contributed by atoms with Crippen LogP contribution >= 0.6 is 0 Å². The van der Waals surface area contributed by atoms with Crippen LogP contribution in [0.2, 0.25) is 18.1 Å². The Morgan fingerprint density at radius 3 is 2.29 bits per heavy atom. The van der Waals surface area contributed by atoms with Gasteiger partial charge in [0.1, 0.15) is 0 Å². The van der Waals surface area contributed by atoms with Crippen LogP contribution in [0.4, 0.5) is 0 Å². The molecule has 0 aromatic carbocycles. The number of rotatable bonds is 5. The molecule has 1 aliphatic rings.